The summed E-state index contributed by atoms with van der Waals surface area (Å²) >= 11 is 0. The second kappa shape index (κ2) is 3.33. The number of cyclic esters (lactones) is 1. The van der Waals surface area contributed by atoms with Crippen LogP contribution in [0.4, 0.5) is 0 Å². The van der Waals surface area contributed by atoms with Crippen LogP contribution in [0.15, 0.2) is 0 Å². The molecular formula is C5H8O7. The first kappa shape index (κ1) is 9.36. The van der Waals surface area contributed by atoms with E-state index < -0.39 is 30.6 Å². The molecule has 7 heteroatoms. The van der Waals surface area contributed by atoms with E-state index in [-0.39, 0.29) is 0 Å². The molecule has 1 saturated heterocycles. The highest BCUT2D eigenvalue weighted by Gasteiger charge is 2.47. The topological polar surface area (TPSA) is 116 Å². The predicted molar refractivity (Wildman–Crippen MR) is 31.6 cm³/mol. The first-order valence-electron chi connectivity index (χ1n) is 3.13. The van der Waals surface area contributed by atoms with Crippen molar-refractivity contribution >= 4 is 5.97 Å². The van der Waals surface area contributed by atoms with Crippen LogP contribution in [0.5, 0.6) is 0 Å². The summed E-state index contributed by atoms with van der Waals surface area (Å²) in [6.45, 7) is 0. The molecule has 70 valence electrons. The van der Waals surface area contributed by atoms with Crippen LogP contribution in [-0.2, 0) is 14.4 Å². The van der Waals surface area contributed by atoms with Crippen LogP contribution in [0.1, 0.15) is 0 Å². The van der Waals surface area contributed by atoms with Crippen LogP contribution in [0.3, 0.4) is 0 Å². The molecule has 0 aliphatic carbocycles. The van der Waals surface area contributed by atoms with Crippen LogP contribution < -0.4 is 0 Å². The monoisotopic (exact) mass is 180 g/mol. The lowest BCUT2D eigenvalue weighted by Gasteiger charge is -2.16. The molecule has 1 aliphatic heterocycles. The molecule has 0 saturated carbocycles. The fourth-order valence-electron chi connectivity index (χ4n) is 0.880. The van der Waals surface area contributed by atoms with Crippen LogP contribution >= 0.6 is 0 Å². The Balaban J connectivity index is 2.64. The molecule has 2 unspecified atom stereocenters. The SMILES string of the molecule is O=C1O[C@H]([C@H](O)OO)C(O)C1O. The molecule has 0 aromatic carbocycles. The Hall–Kier alpha value is -0.730. The second-order valence-corrected chi connectivity index (χ2v) is 2.33. The highest BCUT2D eigenvalue weighted by molar-refractivity contribution is 5.77. The van der Waals surface area contributed by atoms with Gasteiger partial charge in [-0.1, -0.05) is 0 Å². The molecule has 0 spiro atoms. The Morgan fingerprint density at radius 1 is 1.50 bits per heavy atom. The van der Waals surface area contributed by atoms with Crippen LogP contribution in [0.2, 0.25) is 0 Å². The van der Waals surface area contributed by atoms with Crippen molar-refractivity contribution in [3.05, 3.63) is 0 Å². The molecule has 12 heavy (non-hydrogen) atoms. The summed E-state index contributed by atoms with van der Waals surface area (Å²) in [7, 11) is 0. The third-order valence-corrected chi connectivity index (χ3v) is 1.54. The van der Waals surface area contributed by atoms with Gasteiger partial charge in [-0.05, 0) is 0 Å². The van der Waals surface area contributed by atoms with Crippen molar-refractivity contribution in [2.45, 2.75) is 24.6 Å². The maximum absolute atomic E-state index is 10.5. The number of aliphatic hydroxyl groups excluding tert-OH is 3. The van der Waals surface area contributed by atoms with Crippen molar-refractivity contribution in [2.75, 3.05) is 0 Å². The molecule has 0 radical (unpaired) electrons. The van der Waals surface area contributed by atoms with Crippen LogP contribution in [-0.4, -0.2) is 51.1 Å². The van der Waals surface area contributed by atoms with Crippen LogP contribution in [0.25, 0.3) is 0 Å². The number of carbonyl (C=O) groups is 1. The number of carbonyl (C=O) groups excluding carboxylic acids is 1. The van der Waals surface area contributed by atoms with E-state index in [1.54, 1.807) is 0 Å². The van der Waals surface area contributed by atoms with Gasteiger partial charge >= 0.3 is 5.97 Å². The summed E-state index contributed by atoms with van der Waals surface area (Å²) in [4.78, 5) is 13.9. The third kappa shape index (κ3) is 1.40. The zero-order valence-electron chi connectivity index (χ0n) is 5.82. The Labute approximate surface area is 66.7 Å². The standard InChI is InChI=1S/C5H8O7/c6-1-2(7)4(8)11-3(1)5(9)12-10/h1-3,5-7,9-10H/t1?,2?,3-,5+/m0/s1. The van der Waals surface area contributed by atoms with E-state index in [1.807, 2.05) is 0 Å². The normalized spacial score (nSPS) is 38.0. The van der Waals surface area contributed by atoms with Crippen molar-refractivity contribution < 1.29 is 35.0 Å². The molecule has 4 atom stereocenters. The van der Waals surface area contributed by atoms with Gasteiger partial charge in [-0.2, -0.15) is 0 Å². The minimum Gasteiger partial charge on any atom is -0.452 e. The molecule has 1 fully saturated rings. The maximum Gasteiger partial charge on any atom is 0.338 e. The van der Waals surface area contributed by atoms with Gasteiger partial charge in [0.1, 0.15) is 6.10 Å². The quantitative estimate of drug-likeness (QED) is 0.160. The van der Waals surface area contributed by atoms with Gasteiger partial charge in [0.15, 0.2) is 12.2 Å². The summed E-state index contributed by atoms with van der Waals surface area (Å²) in [5, 5.41) is 34.5. The Morgan fingerprint density at radius 3 is 2.42 bits per heavy atom. The number of hydrogen-bond donors (Lipinski definition) is 4. The Bertz CT molecular complexity index is 181. The largest absolute Gasteiger partial charge is 0.452 e. The van der Waals surface area contributed by atoms with Crippen molar-refractivity contribution in [1.29, 1.82) is 0 Å². The van der Waals surface area contributed by atoms with Gasteiger partial charge in [-0.15, -0.1) is 0 Å². The highest BCUT2D eigenvalue weighted by Crippen LogP contribution is 2.18. The number of hydrogen-bond acceptors (Lipinski definition) is 7. The van der Waals surface area contributed by atoms with E-state index in [2.05, 4.69) is 9.62 Å². The third-order valence-electron chi connectivity index (χ3n) is 1.54. The molecule has 0 bridgehead atoms. The fraction of sp³-hybridized carbons (Fsp3) is 0.800. The van der Waals surface area contributed by atoms with E-state index >= 15 is 0 Å². The molecule has 0 amide bonds. The smallest absolute Gasteiger partial charge is 0.338 e. The number of ether oxygens (including phenoxy) is 1. The zero-order chi connectivity index (χ0) is 9.30. The van der Waals surface area contributed by atoms with Gasteiger partial charge in [0, 0.05) is 0 Å². The number of rotatable bonds is 2. The number of aliphatic hydroxyl groups is 3. The van der Waals surface area contributed by atoms with E-state index in [1.165, 1.54) is 0 Å². The minimum absolute atomic E-state index is 1.07. The zero-order valence-corrected chi connectivity index (χ0v) is 5.82. The summed E-state index contributed by atoms with van der Waals surface area (Å²) in [6, 6.07) is 0. The molecule has 0 aromatic rings. The van der Waals surface area contributed by atoms with Crippen molar-refractivity contribution in [3.63, 3.8) is 0 Å². The van der Waals surface area contributed by atoms with Crippen LogP contribution in [0, 0.1) is 0 Å². The maximum atomic E-state index is 10.5. The Kier molecular flexibility index (Phi) is 2.60. The van der Waals surface area contributed by atoms with E-state index in [4.69, 9.17) is 20.6 Å². The lowest BCUT2D eigenvalue weighted by molar-refractivity contribution is -0.357. The Morgan fingerprint density at radius 2 is 2.08 bits per heavy atom. The summed E-state index contributed by atoms with van der Waals surface area (Å²) in [5.74, 6) is -1.07. The lowest BCUT2D eigenvalue weighted by Crippen LogP contribution is -2.39. The molecule has 1 aliphatic rings. The minimum atomic E-state index is -1.86. The lowest BCUT2D eigenvalue weighted by atomic mass is 10.1. The average Bonchev–Trinajstić information content (AvgIpc) is 2.32. The average molecular weight is 180 g/mol. The first-order valence-corrected chi connectivity index (χ1v) is 3.13. The predicted octanol–water partition coefficient (Wildman–Crippen LogP) is -2.56. The van der Waals surface area contributed by atoms with Gasteiger partial charge in [-0.3, -0.25) is 0 Å². The van der Waals surface area contributed by atoms with Gasteiger partial charge in [0.2, 0.25) is 6.29 Å². The number of esters is 1. The highest BCUT2D eigenvalue weighted by atomic mass is 17.1. The van der Waals surface area contributed by atoms with Gasteiger partial charge < -0.3 is 20.1 Å². The summed E-state index contributed by atoms with van der Waals surface area (Å²) < 4.78 is 4.26. The summed E-state index contributed by atoms with van der Waals surface area (Å²) in [6.07, 6.45) is -6.63. The molecular weight excluding hydrogens is 172 g/mol. The molecule has 1 heterocycles. The molecule has 4 N–H and O–H groups in total. The van der Waals surface area contributed by atoms with Gasteiger partial charge in [-0.25, -0.2) is 14.9 Å². The second-order valence-electron chi connectivity index (χ2n) is 2.33. The molecule has 0 aromatic heterocycles. The van der Waals surface area contributed by atoms with Gasteiger partial charge in [0.05, 0.1) is 0 Å². The van der Waals surface area contributed by atoms with Gasteiger partial charge in [0.25, 0.3) is 0 Å². The molecule has 7 nitrogen and oxygen atoms in total. The van der Waals surface area contributed by atoms with Crippen molar-refractivity contribution in [3.8, 4) is 0 Å². The first-order chi connectivity index (χ1) is 5.57. The van der Waals surface area contributed by atoms with Crippen molar-refractivity contribution in [2.24, 2.45) is 0 Å². The van der Waals surface area contributed by atoms with E-state index in [0.717, 1.165) is 0 Å². The molecule has 1 rings (SSSR count). The van der Waals surface area contributed by atoms with Crippen molar-refractivity contribution in [1.82, 2.24) is 0 Å². The van der Waals surface area contributed by atoms with E-state index in [0.29, 0.717) is 0 Å². The summed E-state index contributed by atoms with van der Waals surface area (Å²) in [5.41, 5.74) is 0. The van der Waals surface area contributed by atoms with E-state index in [9.17, 15) is 4.79 Å². The fourth-order valence-corrected chi connectivity index (χ4v) is 0.880.